The first-order valence-corrected chi connectivity index (χ1v) is 9.82. The van der Waals surface area contributed by atoms with Gasteiger partial charge in [0, 0.05) is 19.2 Å². The van der Waals surface area contributed by atoms with Gasteiger partial charge in [0.25, 0.3) is 5.56 Å². The molecule has 10 heteroatoms. The second-order valence-electron chi connectivity index (χ2n) is 6.91. The van der Waals surface area contributed by atoms with Crippen molar-refractivity contribution in [1.29, 1.82) is 0 Å². The van der Waals surface area contributed by atoms with Gasteiger partial charge in [-0.2, -0.15) is 10.1 Å². The Bertz CT molecular complexity index is 1170. The second-order valence-corrected chi connectivity index (χ2v) is 6.91. The number of hydrogen-bond acceptors (Lipinski definition) is 7. The molecule has 30 heavy (non-hydrogen) atoms. The molecule has 0 fully saturated rings. The van der Waals surface area contributed by atoms with Gasteiger partial charge >= 0.3 is 5.69 Å². The van der Waals surface area contributed by atoms with Crippen LogP contribution in [0.5, 0.6) is 11.5 Å². The fraction of sp³-hybridized carbons (Fsp3) is 0.400. The summed E-state index contributed by atoms with van der Waals surface area (Å²) in [6.45, 7) is 2.68. The van der Waals surface area contributed by atoms with E-state index >= 15 is 0 Å². The molecular formula is C20H26N6O4. The van der Waals surface area contributed by atoms with Crippen molar-refractivity contribution in [2.45, 2.75) is 39.2 Å². The number of fused-ring (bicyclic) bond motifs is 1. The topological polar surface area (TPSA) is 127 Å². The molecule has 3 N–H and O–H groups in total. The number of aromatic amines is 1. The highest BCUT2D eigenvalue weighted by Crippen LogP contribution is 2.28. The van der Waals surface area contributed by atoms with Crippen molar-refractivity contribution in [2.24, 2.45) is 12.1 Å². The van der Waals surface area contributed by atoms with Crippen LogP contribution in [0.15, 0.2) is 32.9 Å². The fourth-order valence-electron chi connectivity index (χ4n) is 3.20. The number of phenols is 1. The summed E-state index contributed by atoms with van der Waals surface area (Å²) in [7, 11) is 3.02. The number of ether oxygens (including phenoxy) is 1. The standard InChI is InChI=1S/C20H26N6O4/c1-4-5-6-7-11-26-15-17(25(2)20(29)23-18(15)28)22-19(26)24-21-12-13-9-8-10-14(30-3)16(13)27/h8-10,12,27H,4-7,11H2,1-3H3,(H,22,24)(H,23,28,29). The summed E-state index contributed by atoms with van der Waals surface area (Å²) >= 11 is 0. The monoisotopic (exact) mass is 414 g/mol. The number of H-pyrrole nitrogens is 1. The Balaban J connectivity index is 1.96. The van der Waals surface area contributed by atoms with Gasteiger partial charge in [0.05, 0.1) is 13.3 Å². The number of nitrogens with zero attached hydrogens (tertiary/aromatic N) is 4. The average molecular weight is 414 g/mol. The van der Waals surface area contributed by atoms with E-state index < -0.39 is 11.2 Å². The largest absolute Gasteiger partial charge is 0.504 e. The number of aromatic hydroxyl groups is 1. The molecule has 2 heterocycles. The molecule has 0 amide bonds. The number of unbranched alkanes of at least 4 members (excludes halogenated alkanes) is 3. The van der Waals surface area contributed by atoms with Crippen LogP contribution >= 0.6 is 0 Å². The van der Waals surface area contributed by atoms with Gasteiger partial charge in [-0.1, -0.05) is 32.3 Å². The number of hydrogen-bond donors (Lipinski definition) is 3. The Hall–Kier alpha value is -3.56. The molecule has 160 valence electrons. The van der Waals surface area contributed by atoms with E-state index in [0.717, 1.165) is 25.7 Å². The lowest BCUT2D eigenvalue weighted by atomic mass is 10.2. The van der Waals surface area contributed by atoms with Crippen molar-refractivity contribution < 1.29 is 9.84 Å². The Morgan fingerprint density at radius 1 is 1.30 bits per heavy atom. The Kier molecular flexibility index (Phi) is 6.55. The van der Waals surface area contributed by atoms with E-state index in [9.17, 15) is 14.7 Å². The summed E-state index contributed by atoms with van der Waals surface area (Å²) in [5, 5.41) is 14.3. The highest BCUT2D eigenvalue weighted by molar-refractivity contribution is 5.85. The Labute approximate surface area is 172 Å². The van der Waals surface area contributed by atoms with Crippen molar-refractivity contribution in [3.05, 3.63) is 44.6 Å². The number of imidazole rings is 1. The van der Waals surface area contributed by atoms with Crippen LogP contribution in [0.4, 0.5) is 5.95 Å². The number of para-hydroxylation sites is 1. The van der Waals surface area contributed by atoms with Crippen molar-refractivity contribution in [2.75, 3.05) is 12.5 Å². The average Bonchev–Trinajstić information content (AvgIpc) is 3.10. The van der Waals surface area contributed by atoms with Gasteiger partial charge in [0.1, 0.15) is 0 Å². The molecule has 0 spiro atoms. The third kappa shape index (κ3) is 4.22. The zero-order valence-corrected chi connectivity index (χ0v) is 17.3. The van der Waals surface area contributed by atoms with Gasteiger partial charge in [-0.05, 0) is 18.6 Å². The molecule has 0 aliphatic carbocycles. The van der Waals surface area contributed by atoms with Crippen LogP contribution in [-0.4, -0.2) is 37.5 Å². The third-order valence-corrected chi connectivity index (χ3v) is 4.86. The highest BCUT2D eigenvalue weighted by atomic mass is 16.5. The molecule has 0 radical (unpaired) electrons. The molecule has 3 rings (SSSR count). The fourth-order valence-corrected chi connectivity index (χ4v) is 3.20. The number of aromatic nitrogens is 4. The SMILES string of the molecule is CCCCCCn1c(NN=Cc2cccc(OC)c2O)nc2c1c(=O)[nH]c(=O)n2C. The maximum atomic E-state index is 12.4. The first-order chi connectivity index (χ1) is 14.5. The molecule has 1 aromatic carbocycles. The molecule has 10 nitrogen and oxygen atoms in total. The zero-order chi connectivity index (χ0) is 21.7. The minimum atomic E-state index is -0.528. The van der Waals surface area contributed by atoms with E-state index in [2.05, 4.69) is 27.4 Å². The molecular weight excluding hydrogens is 388 g/mol. The first-order valence-electron chi connectivity index (χ1n) is 9.82. The summed E-state index contributed by atoms with van der Waals surface area (Å²) < 4.78 is 8.11. The molecule has 0 aliphatic rings. The Morgan fingerprint density at radius 3 is 2.83 bits per heavy atom. The molecule has 2 aromatic heterocycles. The van der Waals surface area contributed by atoms with E-state index in [1.165, 1.54) is 17.9 Å². The van der Waals surface area contributed by atoms with Gasteiger partial charge in [-0.25, -0.2) is 10.2 Å². The number of rotatable bonds is 9. The molecule has 0 bridgehead atoms. The number of anilines is 1. The lowest BCUT2D eigenvalue weighted by Crippen LogP contribution is -2.29. The quantitative estimate of drug-likeness (QED) is 0.280. The minimum absolute atomic E-state index is 0.0301. The predicted octanol–water partition coefficient (Wildman–Crippen LogP) is 2.16. The zero-order valence-electron chi connectivity index (χ0n) is 17.3. The molecule has 0 saturated carbocycles. The second kappa shape index (κ2) is 9.29. The lowest BCUT2D eigenvalue weighted by molar-refractivity contribution is 0.373. The maximum absolute atomic E-state index is 12.4. The summed E-state index contributed by atoms with van der Waals surface area (Å²) in [6.07, 6.45) is 5.50. The first kappa shape index (κ1) is 21.2. The number of aryl methyl sites for hydroxylation is 2. The number of nitrogens with one attached hydrogen (secondary N) is 2. The summed E-state index contributed by atoms with van der Waals surface area (Å²) in [5.74, 6) is 0.646. The van der Waals surface area contributed by atoms with Crippen LogP contribution < -0.4 is 21.4 Å². The predicted molar refractivity (Wildman–Crippen MR) is 116 cm³/mol. The van der Waals surface area contributed by atoms with Crippen molar-refractivity contribution in [1.82, 2.24) is 19.1 Å². The number of methoxy groups -OCH3 is 1. The van der Waals surface area contributed by atoms with E-state index in [1.807, 2.05) is 0 Å². The van der Waals surface area contributed by atoms with Crippen molar-refractivity contribution in [3.8, 4) is 11.5 Å². The smallest absolute Gasteiger partial charge is 0.329 e. The molecule has 0 unspecified atom stereocenters. The maximum Gasteiger partial charge on any atom is 0.329 e. The van der Waals surface area contributed by atoms with E-state index in [1.54, 1.807) is 29.8 Å². The molecule has 0 aliphatic heterocycles. The van der Waals surface area contributed by atoms with Crippen LogP contribution in [0, 0.1) is 0 Å². The summed E-state index contributed by atoms with van der Waals surface area (Å²) in [4.78, 5) is 31.1. The molecule has 0 atom stereocenters. The van der Waals surface area contributed by atoms with Crippen LogP contribution in [-0.2, 0) is 13.6 Å². The van der Waals surface area contributed by atoms with Crippen molar-refractivity contribution in [3.63, 3.8) is 0 Å². The Morgan fingerprint density at radius 2 is 2.10 bits per heavy atom. The minimum Gasteiger partial charge on any atom is -0.504 e. The van der Waals surface area contributed by atoms with Gasteiger partial charge in [0.15, 0.2) is 22.7 Å². The van der Waals surface area contributed by atoms with Gasteiger partial charge in [-0.3, -0.25) is 14.3 Å². The van der Waals surface area contributed by atoms with Crippen molar-refractivity contribution >= 4 is 23.3 Å². The van der Waals surface area contributed by atoms with E-state index in [4.69, 9.17) is 4.74 Å². The highest BCUT2D eigenvalue weighted by Gasteiger charge is 2.17. The van der Waals surface area contributed by atoms with Gasteiger partial charge in [0.2, 0.25) is 5.95 Å². The number of benzene rings is 1. The van der Waals surface area contributed by atoms with Crippen LogP contribution in [0.25, 0.3) is 11.2 Å². The summed E-state index contributed by atoms with van der Waals surface area (Å²) in [6, 6.07) is 5.06. The van der Waals surface area contributed by atoms with Crippen LogP contribution in [0.3, 0.4) is 0 Å². The van der Waals surface area contributed by atoms with Crippen LogP contribution in [0.2, 0.25) is 0 Å². The lowest BCUT2D eigenvalue weighted by Gasteiger charge is -2.08. The van der Waals surface area contributed by atoms with Gasteiger partial charge in [-0.15, -0.1) is 0 Å². The van der Waals surface area contributed by atoms with E-state index in [-0.39, 0.29) is 11.4 Å². The normalized spacial score (nSPS) is 11.4. The number of phenolic OH excluding ortho intramolecular Hbond substituents is 1. The van der Waals surface area contributed by atoms with Gasteiger partial charge < -0.3 is 14.4 Å². The van der Waals surface area contributed by atoms with Crippen LogP contribution in [0.1, 0.15) is 38.2 Å². The third-order valence-electron chi connectivity index (χ3n) is 4.86. The molecule has 0 saturated heterocycles. The summed E-state index contributed by atoms with van der Waals surface area (Å²) in [5.41, 5.74) is 2.87. The number of hydrazone groups is 1. The molecule has 3 aromatic rings. The van der Waals surface area contributed by atoms with E-state index in [0.29, 0.717) is 29.3 Å².